The van der Waals surface area contributed by atoms with Gasteiger partial charge in [-0.25, -0.2) is 0 Å². The third kappa shape index (κ3) is 3.83. The number of carbonyl (C=O) groups excluding carboxylic acids is 2. The summed E-state index contributed by atoms with van der Waals surface area (Å²) in [5.41, 5.74) is 1.57. The van der Waals surface area contributed by atoms with Gasteiger partial charge in [0.15, 0.2) is 0 Å². The second-order valence-corrected chi connectivity index (χ2v) is 7.01. The Labute approximate surface area is 173 Å². The number of ketones is 1. The van der Waals surface area contributed by atoms with E-state index in [-0.39, 0.29) is 35.8 Å². The zero-order chi connectivity index (χ0) is 21.1. The number of Topliss-reactive ketones (excluding diaryl/α,β-unsaturated/α-hetero) is 1. The van der Waals surface area contributed by atoms with E-state index in [0.29, 0.717) is 10.6 Å². The van der Waals surface area contributed by atoms with Gasteiger partial charge in [0.25, 0.3) is 11.7 Å². The number of benzene rings is 1. The summed E-state index contributed by atoms with van der Waals surface area (Å²) in [6.45, 7) is 2.23. The maximum Gasteiger partial charge on any atom is 0.295 e. The van der Waals surface area contributed by atoms with Crippen molar-refractivity contribution >= 4 is 29.1 Å². The predicted molar refractivity (Wildman–Crippen MR) is 108 cm³/mol. The molecule has 2 aromatic rings. The molecule has 0 radical (unpaired) electrons. The molecule has 1 fully saturated rings. The Morgan fingerprint density at radius 3 is 2.69 bits per heavy atom. The van der Waals surface area contributed by atoms with Gasteiger partial charge in [0, 0.05) is 26.0 Å². The largest absolute Gasteiger partial charge is 0.507 e. The first-order chi connectivity index (χ1) is 13.9. The molecular formula is C21H21ClN2O5. The summed E-state index contributed by atoms with van der Waals surface area (Å²) in [5, 5.41) is 11.4. The number of rotatable bonds is 6. The number of methoxy groups -OCH3 is 2. The number of carbonyl (C=O) groups is 2. The van der Waals surface area contributed by atoms with Gasteiger partial charge in [0.05, 0.1) is 35.9 Å². The maximum atomic E-state index is 12.9. The van der Waals surface area contributed by atoms with Crippen LogP contribution in [-0.2, 0) is 14.3 Å². The van der Waals surface area contributed by atoms with E-state index in [1.807, 2.05) is 0 Å². The quantitative estimate of drug-likeness (QED) is 0.442. The molecule has 1 aromatic carbocycles. The third-order valence-corrected chi connectivity index (χ3v) is 5.00. The third-order valence-electron chi connectivity index (χ3n) is 4.72. The van der Waals surface area contributed by atoms with Gasteiger partial charge >= 0.3 is 0 Å². The first-order valence-electron chi connectivity index (χ1n) is 8.92. The van der Waals surface area contributed by atoms with Crippen molar-refractivity contribution in [3.8, 4) is 5.75 Å². The minimum absolute atomic E-state index is 0.0425. The zero-order valence-corrected chi connectivity index (χ0v) is 17.1. The SMILES string of the molecule is COCCN1C(=O)C(=O)/C(=C(/O)c2cc(C)cc(Cl)c2OC)C1c1cccnc1. The minimum Gasteiger partial charge on any atom is -0.507 e. The Balaban J connectivity index is 2.24. The van der Waals surface area contributed by atoms with Crippen molar-refractivity contribution in [2.45, 2.75) is 13.0 Å². The molecule has 1 unspecified atom stereocenters. The van der Waals surface area contributed by atoms with Crippen molar-refractivity contribution in [1.82, 2.24) is 9.88 Å². The highest BCUT2D eigenvalue weighted by Crippen LogP contribution is 2.42. The average Bonchev–Trinajstić information content (AvgIpc) is 2.96. The van der Waals surface area contributed by atoms with Gasteiger partial charge in [-0.05, 0) is 36.2 Å². The van der Waals surface area contributed by atoms with Crippen LogP contribution in [0.5, 0.6) is 5.75 Å². The first kappa shape index (κ1) is 20.8. The number of halogens is 1. The molecule has 1 atom stereocenters. The number of hydrogen-bond acceptors (Lipinski definition) is 6. The monoisotopic (exact) mass is 416 g/mol. The zero-order valence-electron chi connectivity index (χ0n) is 16.3. The minimum atomic E-state index is -0.803. The summed E-state index contributed by atoms with van der Waals surface area (Å²) in [4.78, 5) is 31.1. The highest BCUT2D eigenvalue weighted by molar-refractivity contribution is 6.46. The summed E-state index contributed by atoms with van der Waals surface area (Å²) < 4.78 is 10.4. The van der Waals surface area contributed by atoms with Gasteiger partial charge in [-0.15, -0.1) is 0 Å². The number of amides is 1. The molecule has 1 aliphatic rings. The lowest BCUT2D eigenvalue weighted by Gasteiger charge is -2.25. The van der Waals surface area contributed by atoms with Crippen LogP contribution >= 0.6 is 11.6 Å². The van der Waals surface area contributed by atoms with Gasteiger partial charge in [-0.2, -0.15) is 0 Å². The fraction of sp³-hybridized carbons (Fsp3) is 0.286. The van der Waals surface area contributed by atoms with Crippen LogP contribution in [0.3, 0.4) is 0 Å². The number of aliphatic hydroxyl groups excluding tert-OH is 1. The van der Waals surface area contributed by atoms with Gasteiger partial charge in [0.2, 0.25) is 0 Å². The lowest BCUT2D eigenvalue weighted by molar-refractivity contribution is -0.140. The number of aliphatic hydroxyl groups is 1. The average molecular weight is 417 g/mol. The highest BCUT2D eigenvalue weighted by Gasteiger charge is 2.46. The van der Waals surface area contributed by atoms with E-state index in [1.165, 1.54) is 19.1 Å². The fourth-order valence-corrected chi connectivity index (χ4v) is 3.79. The number of aromatic nitrogens is 1. The van der Waals surface area contributed by atoms with Crippen molar-refractivity contribution in [1.29, 1.82) is 0 Å². The molecule has 0 spiro atoms. The van der Waals surface area contributed by atoms with Crippen LogP contribution in [-0.4, -0.2) is 54.1 Å². The number of hydrogen-bond donors (Lipinski definition) is 1. The smallest absolute Gasteiger partial charge is 0.295 e. The van der Waals surface area contributed by atoms with Crippen LogP contribution < -0.4 is 4.74 Å². The summed E-state index contributed by atoms with van der Waals surface area (Å²) >= 11 is 6.25. The molecule has 0 saturated carbocycles. The van der Waals surface area contributed by atoms with Crippen LogP contribution in [0.15, 0.2) is 42.2 Å². The van der Waals surface area contributed by atoms with Crippen LogP contribution in [0, 0.1) is 6.92 Å². The Bertz CT molecular complexity index is 975. The van der Waals surface area contributed by atoms with E-state index in [0.717, 1.165) is 5.56 Å². The number of pyridine rings is 1. The molecular weight excluding hydrogens is 396 g/mol. The Morgan fingerprint density at radius 1 is 1.31 bits per heavy atom. The molecule has 8 heteroatoms. The molecule has 152 valence electrons. The topological polar surface area (TPSA) is 89.0 Å². The van der Waals surface area contributed by atoms with Crippen LogP contribution in [0.1, 0.15) is 22.7 Å². The maximum absolute atomic E-state index is 12.9. The second kappa shape index (κ2) is 8.63. The summed E-state index contributed by atoms with van der Waals surface area (Å²) in [6, 6.07) is 5.99. The van der Waals surface area contributed by atoms with Crippen LogP contribution in [0.25, 0.3) is 5.76 Å². The van der Waals surface area contributed by atoms with Crippen molar-refractivity contribution in [3.63, 3.8) is 0 Å². The molecule has 7 nitrogen and oxygen atoms in total. The Hall–Kier alpha value is -2.90. The highest BCUT2D eigenvalue weighted by atomic mass is 35.5. The van der Waals surface area contributed by atoms with Gasteiger partial charge in [0.1, 0.15) is 11.5 Å². The summed E-state index contributed by atoms with van der Waals surface area (Å²) in [6.07, 6.45) is 3.15. The number of likely N-dealkylation sites (tertiary alicyclic amines) is 1. The van der Waals surface area contributed by atoms with Crippen molar-refractivity contribution in [3.05, 3.63) is 63.9 Å². The molecule has 1 N–H and O–H groups in total. The van der Waals surface area contributed by atoms with Crippen molar-refractivity contribution < 1.29 is 24.2 Å². The summed E-state index contributed by atoms with van der Waals surface area (Å²) in [7, 11) is 2.93. The summed E-state index contributed by atoms with van der Waals surface area (Å²) in [5.74, 6) is -1.62. The fourth-order valence-electron chi connectivity index (χ4n) is 3.44. The molecule has 1 aliphatic heterocycles. The van der Waals surface area contributed by atoms with E-state index < -0.39 is 17.7 Å². The molecule has 29 heavy (non-hydrogen) atoms. The van der Waals surface area contributed by atoms with Crippen LogP contribution in [0.4, 0.5) is 0 Å². The lowest BCUT2D eigenvalue weighted by Crippen LogP contribution is -2.32. The number of ether oxygens (including phenoxy) is 2. The van der Waals surface area contributed by atoms with Crippen LogP contribution in [0.2, 0.25) is 5.02 Å². The van der Waals surface area contributed by atoms with E-state index in [2.05, 4.69) is 4.98 Å². The van der Waals surface area contributed by atoms with Crippen molar-refractivity contribution in [2.75, 3.05) is 27.4 Å². The Kier molecular flexibility index (Phi) is 6.20. The van der Waals surface area contributed by atoms with E-state index in [9.17, 15) is 14.7 Å². The van der Waals surface area contributed by atoms with Crippen molar-refractivity contribution in [2.24, 2.45) is 0 Å². The lowest BCUT2D eigenvalue weighted by atomic mass is 9.95. The predicted octanol–water partition coefficient (Wildman–Crippen LogP) is 3.12. The van der Waals surface area contributed by atoms with E-state index >= 15 is 0 Å². The molecule has 2 heterocycles. The van der Waals surface area contributed by atoms with Gasteiger partial charge in [-0.1, -0.05) is 17.7 Å². The molecule has 1 aromatic heterocycles. The number of aryl methyl sites for hydroxylation is 1. The standard InChI is InChI=1S/C21H21ClN2O5/c1-12-9-14(20(29-3)15(22)10-12)18(25)16-17(13-5-4-6-23-11-13)24(7-8-28-2)21(27)19(16)26/h4-6,9-11,17,25H,7-8H2,1-3H3/b18-16+. The molecule has 0 aliphatic carbocycles. The second-order valence-electron chi connectivity index (χ2n) is 6.60. The van der Waals surface area contributed by atoms with Gasteiger partial charge in [-0.3, -0.25) is 14.6 Å². The van der Waals surface area contributed by atoms with Gasteiger partial charge < -0.3 is 19.5 Å². The Morgan fingerprint density at radius 2 is 2.07 bits per heavy atom. The van der Waals surface area contributed by atoms with E-state index in [4.69, 9.17) is 21.1 Å². The number of nitrogens with zero attached hydrogens (tertiary/aromatic N) is 2. The van der Waals surface area contributed by atoms with E-state index in [1.54, 1.807) is 43.6 Å². The molecule has 1 saturated heterocycles. The molecule has 1 amide bonds. The normalized spacial score (nSPS) is 18.3. The molecule has 3 rings (SSSR count). The molecule has 0 bridgehead atoms. The first-order valence-corrected chi connectivity index (χ1v) is 9.30.